The number of ether oxygens (including phenoxy) is 1. The number of nitro groups is 1. The molecule has 1 aliphatic rings. The van der Waals surface area contributed by atoms with Crippen LogP contribution in [0.15, 0.2) is 35.1 Å². The van der Waals surface area contributed by atoms with E-state index >= 15 is 0 Å². The topological polar surface area (TPSA) is 140 Å². The van der Waals surface area contributed by atoms with E-state index < -0.39 is 4.92 Å². The van der Waals surface area contributed by atoms with Crippen LogP contribution >= 0.6 is 0 Å². The summed E-state index contributed by atoms with van der Waals surface area (Å²) in [5.41, 5.74) is 0.941. The molecular formula is C18H19N7O5. The Labute approximate surface area is 170 Å². The second kappa shape index (κ2) is 8.19. The van der Waals surface area contributed by atoms with Gasteiger partial charge in [-0.25, -0.2) is 14.4 Å². The Balaban J connectivity index is 1.69. The molecule has 0 aliphatic carbocycles. The summed E-state index contributed by atoms with van der Waals surface area (Å²) in [6.07, 6.45) is 1.23. The van der Waals surface area contributed by atoms with Crippen LogP contribution in [0.25, 0.3) is 11.0 Å². The minimum Gasteiger partial charge on any atom is -0.450 e. The molecule has 1 N–H and O–H groups in total. The Bertz CT molecular complexity index is 1060. The van der Waals surface area contributed by atoms with Crippen molar-refractivity contribution in [2.24, 2.45) is 0 Å². The fourth-order valence-corrected chi connectivity index (χ4v) is 3.35. The Kier molecular flexibility index (Phi) is 5.28. The van der Waals surface area contributed by atoms with Crippen molar-refractivity contribution < 1.29 is 19.1 Å². The molecule has 4 rings (SSSR count). The third-order valence-electron chi connectivity index (χ3n) is 4.75. The van der Waals surface area contributed by atoms with Gasteiger partial charge in [0, 0.05) is 32.4 Å². The number of carbonyl (C=O) groups is 1. The lowest BCUT2D eigenvalue weighted by Crippen LogP contribution is -2.49. The average molecular weight is 413 g/mol. The maximum Gasteiger partial charge on any atom is 0.409 e. The van der Waals surface area contributed by atoms with Crippen LogP contribution in [0.1, 0.15) is 6.92 Å². The number of nitro benzene ring substituents is 1. The lowest BCUT2D eigenvalue weighted by Gasteiger charge is -2.35. The zero-order valence-corrected chi connectivity index (χ0v) is 16.1. The molecule has 3 heterocycles. The fraction of sp³-hybridized carbons (Fsp3) is 0.333. The van der Waals surface area contributed by atoms with Crippen molar-refractivity contribution in [2.75, 3.05) is 43.0 Å². The van der Waals surface area contributed by atoms with Crippen molar-refractivity contribution in [3.05, 3.63) is 40.6 Å². The van der Waals surface area contributed by atoms with E-state index in [1.165, 1.54) is 0 Å². The number of nitrogens with one attached hydrogen (secondary N) is 1. The summed E-state index contributed by atoms with van der Waals surface area (Å²) in [6, 6.07) is 6.86. The van der Waals surface area contributed by atoms with Crippen LogP contribution < -0.4 is 10.2 Å². The summed E-state index contributed by atoms with van der Waals surface area (Å²) < 4.78 is 9.87. The predicted molar refractivity (Wildman–Crippen MR) is 107 cm³/mol. The van der Waals surface area contributed by atoms with Gasteiger partial charge in [0.25, 0.3) is 0 Å². The largest absolute Gasteiger partial charge is 0.450 e. The molecule has 0 radical (unpaired) electrons. The van der Waals surface area contributed by atoms with E-state index in [1.807, 2.05) is 4.90 Å². The molecule has 12 heteroatoms. The van der Waals surface area contributed by atoms with Crippen LogP contribution in [0.5, 0.6) is 0 Å². The number of pyridine rings is 1. The number of amides is 1. The maximum atomic E-state index is 11.9. The maximum absolute atomic E-state index is 11.9. The van der Waals surface area contributed by atoms with Crippen molar-refractivity contribution in [1.82, 2.24) is 20.2 Å². The molecule has 1 aliphatic heterocycles. The van der Waals surface area contributed by atoms with Crippen LogP contribution in [0.4, 0.5) is 27.7 Å². The number of fused-ring (bicyclic) bond motifs is 1. The molecule has 3 aromatic rings. The van der Waals surface area contributed by atoms with Gasteiger partial charge < -0.3 is 19.9 Å². The van der Waals surface area contributed by atoms with Crippen LogP contribution in [0, 0.1) is 10.1 Å². The number of carbonyl (C=O) groups excluding carboxylic acids is 1. The van der Waals surface area contributed by atoms with E-state index in [4.69, 9.17) is 9.37 Å². The van der Waals surface area contributed by atoms with Crippen molar-refractivity contribution in [3.63, 3.8) is 0 Å². The summed E-state index contributed by atoms with van der Waals surface area (Å²) in [7, 11) is 0. The Morgan fingerprint density at radius 1 is 1.27 bits per heavy atom. The van der Waals surface area contributed by atoms with E-state index in [2.05, 4.69) is 20.6 Å². The number of hydrogen-bond donors (Lipinski definition) is 1. The van der Waals surface area contributed by atoms with Gasteiger partial charge in [-0.2, -0.15) is 0 Å². The van der Waals surface area contributed by atoms with E-state index in [-0.39, 0.29) is 28.5 Å². The van der Waals surface area contributed by atoms with Crippen molar-refractivity contribution in [3.8, 4) is 0 Å². The number of nitrogens with zero attached hydrogens (tertiary/aromatic N) is 6. The number of benzene rings is 1. The summed E-state index contributed by atoms with van der Waals surface area (Å²) in [6.45, 7) is 3.98. The first kappa shape index (κ1) is 19.4. The average Bonchev–Trinajstić information content (AvgIpc) is 3.23. The minimum atomic E-state index is -0.528. The van der Waals surface area contributed by atoms with Crippen molar-refractivity contribution >= 4 is 40.0 Å². The van der Waals surface area contributed by atoms with Gasteiger partial charge >= 0.3 is 11.8 Å². The van der Waals surface area contributed by atoms with Gasteiger partial charge in [0.15, 0.2) is 5.52 Å². The lowest BCUT2D eigenvalue weighted by atomic mass is 10.1. The summed E-state index contributed by atoms with van der Waals surface area (Å²) in [4.78, 5) is 30.9. The summed E-state index contributed by atoms with van der Waals surface area (Å²) in [5.74, 6) is 0.453. The van der Waals surface area contributed by atoms with Crippen molar-refractivity contribution in [1.29, 1.82) is 0 Å². The molecule has 0 unspecified atom stereocenters. The number of anilines is 3. The van der Waals surface area contributed by atoms with E-state index in [0.717, 1.165) is 0 Å². The first-order valence-electron chi connectivity index (χ1n) is 9.37. The molecule has 1 fully saturated rings. The first-order chi connectivity index (χ1) is 14.6. The molecule has 30 heavy (non-hydrogen) atoms. The van der Waals surface area contributed by atoms with Crippen LogP contribution in [-0.4, -0.2) is 64.0 Å². The number of hydrogen-bond acceptors (Lipinski definition) is 10. The van der Waals surface area contributed by atoms with Gasteiger partial charge in [-0.15, -0.1) is 0 Å². The molecule has 2 aromatic heterocycles. The zero-order chi connectivity index (χ0) is 21.1. The number of rotatable bonds is 5. The van der Waals surface area contributed by atoms with Crippen LogP contribution in [-0.2, 0) is 4.74 Å². The van der Waals surface area contributed by atoms with E-state index in [0.29, 0.717) is 44.3 Å². The second-order valence-electron chi connectivity index (χ2n) is 6.52. The SMILES string of the molecule is CCOC(=O)N1CCN(c2cc(Nc3ccccn3)c([N+](=O)[O-])c3nonc23)CC1. The van der Waals surface area contributed by atoms with Gasteiger partial charge in [-0.1, -0.05) is 6.07 Å². The standard InChI is InChI=1S/C18H19N7O5/c1-2-29-18(26)24-9-7-23(8-10-24)13-11-12(20-14-5-3-4-6-19-14)17(25(27)28)16-15(13)21-30-22-16/h3-6,11H,2,7-10H2,1H3,(H,19,20). The Morgan fingerprint density at radius 2 is 2.03 bits per heavy atom. The highest BCUT2D eigenvalue weighted by Gasteiger charge is 2.30. The van der Waals surface area contributed by atoms with Gasteiger partial charge in [0.2, 0.25) is 5.52 Å². The molecule has 1 saturated heterocycles. The van der Waals surface area contributed by atoms with Gasteiger partial charge in [0.05, 0.1) is 17.2 Å². The molecule has 1 aromatic carbocycles. The normalized spacial score (nSPS) is 14.0. The molecule has 12 nitrogen and oxygen atoms in total. The minimum absolute atomic E-state index is 0.0451. The molecule has 1 amide bonds. The summed E-state index contributed by atoms with van der Waals surface area (Å²) in [5, 5.41) is 22.4. The fourth-order valence-electron chi connectivity index (χ4n) is 3.35. The smallest absolute Gasteiger partial charge is 0.409 e. The Morgan fingerprint density at radius 3 is 2.70 bits per heavy atom. The van der Waals surface area contributed by atoms with Crippen LogP contribution in [0.3, 0.4) is 0 Å². The highest BCUT2D eigenvalue weighted by atomic mass is 16.6. The van der Waals surface area contributed by atoms with Crippen molar-refractivity contribution in [2.45, 2.75) is 6.92 Å². The number of aromatic nitrogens is 3. The lowest BCUT2D eigenvalue weighted by molar-refractivity contribution is -0.382. The van der Waals surface area contributed by atoms with E-state index in [9.17, 15) is 14.9 Å². The zero-order valence-electron chi connectivity index (χ0n) is 16.1. The first-order valence-corrected chi connectivity index (χ1v) is 9.37. The van der Waals surface area contributed by atoms with E-state index in [1.54, 1.807) is 42.3 Å². The summed E-state index contributed by atoms with van der Waals surface area (Å²) >= 11 is 0. The van der Waals surface area contributed by atoms with Gasteiger partial charge in [0.1, 0.15) is 11.5 Å². The highest BCUT2D eigenvalue weighted by molar-refractivity contribution is 6.00. The van der Waals surface area contributed by atoms with Gasteiger partial charge in [-0.3, -0.25) is 10.1 Å². The third-order valence-corrected chi connectivity index (χ3v) is 4.75. The highest BCUT2D eigenvalue weighted by Crippen LogP contribution is 2.39. The molecule has 156 valence electrons. The molecule has 0 atom stereocenters. The molecule has 0 spiro atoms. The monoisotopic (exact) mass is 413 g/mol. The second-order valence-corrected chi connectivity index (χ2v) is 6.52. The van der Waals surface area contributed by atoms with Gasteiger partial charge in [-0.05, 0) is 35.4 Å². The quantitative estimate of drug-likeness (QED) is 0.490. The third kappa shape index (κ3) is 3.66. The number of piperazine rings is 1. The molecule has 0 saturated carbocycles. The molecular weight excluding hydrogens is 394 g/mol. The molecule has 0 bridgehead atoms. The Hall–Kier alpha value is -3.96. The van der Waals surface area contributed by atoms with Crippen LogP contribution in [0.2, 0.25) is 0 Å². The predicted octanol–water partition coefficient (Wildman–Crippen LogP) is 2.55.